The lowest BCUT2D eigenvalue weighted by atomic mass is 9.99. The van der Waals surface area contributed by atoms with Gasteiger partial charge in [-0.2, -0.15) is 0 Å². The Labute approximate surface area is 86.8 Å². The van der Waals surface area contributed by atoms with Gasteiger partial charge in [0.05, 0.1) is 12.7 Å². The van der Waals surface area contributed by atoms with Crippen LogP contribution < -0.4 is 5.32 Å². The van der Waals surface area contributed by atoms with E-state index in [4.69, 9.17) is 4.74 Å². The molecule has 1 N–H and O–H groups in total. The number of morpholine rings is 1. The van der Waals surface area contributed by atoms with Gasteiger partial charge < -0.3 is 10.1 Å². The number of rotatable bonds is 2. The molecular weight excluding hydrogens is 176 g/mol. The Morgan fingerprint density at radius 2 is 2.43 bits per heavy atom. The molecule has 14 heavy (non-hydrogen) atoms. The minimum atomic E-state index is 0.431. The molecule has 2 aliphatic rings. The summed E-state index contributed by atoms with van der Waals surface area (Å²) in [6.07, 6.45) is 3.18. The van der Waals surface area contributed by atoms with E-state index >= 15 is 0 Å². The molecule has 0 saturated carbocycles. The lowest BCUT2D eigenvalue weighted by Gasteiger charge is -2.35. The van der Waals surface area contributed by atoms with Crippen LogP contribution in [0.2, 0.25) is 0 Å². The molecule has 2 fully saturated rings. The molecule has 2 saturated heterocycles. The second kappa shape index (κ2) is 5.10. The molecule has 0 bridgehead atoms. The summed E-state index contributed by atoms with van der Waals surface area (Å²) in [5.74, 6) is 0.869. The third kappa shape index (κ3) is 2.94. The standard InChI is InChI=1S/C11H22N2O/c1-10-8-13(5-6-14-10)9-11-3-2-4-12-7-11/h10-12H,2-9H2,1H3/t10?,11-/m1/s1. The predicted molar refractivity (Wildman–Crippen MR) is 57.4 cm³/mol. The average molecular weight is 198 g/mol. The van der Waals surface area contributed by atoms with E-state index in [9.17, 15) is 0 Å². The van der Waals surface area contributed by atoms with Crippen LogP contribution in [0.5, 0.6) is 0 Å². The van der Waals surface area contributed by atoms with Crippen LogP contribution in [0.15, 0.2) is 0 Å². The van der Waals surface area contributed by atoms with Crippen LogP contribution in [0.1, 0.15) is 19.8 Å². The van der Waals surface area contributed by atoms with Gasteiger partial charge >= 0.3 is 0 Å². The third-order valence-electron chi connectivity index (χ3n) is 3.24. The van der Waals surface area contributed by atoms with E-state index in [-0.39, 0.29) is 0 Å². The van der Waals surface area contributed by atoms with Gasteiger partial charge in [0.2, 0.25) is 0 Å². The van der Waals surface area contributed by atoms with Gasteiger partial charge in [-0.15, -0.1) is 0 Å². The minimum Gasteiger partial charge on any atom is -0.376 e. The van der Waals surface area contributed by atoms with Crippen LogP contribution in [0.25, 0.3) is 0 Å². The largest absolute Gasteiger partial charge is 0.376 e. The Morgan fingerprint density at radius 1 is 1.50 bits per heavy atom. The van der Waals surface area contributed by atoms with Gasteiger partial charge in [-0.25, -0.2) is 0 Å². The van der Waals surface area contributed by atoms with E-state index in [1.807, 2.05) is 0 Å². The van der Waals surface area contributed by atoms with Crippen LogP contribution in [-0.2, 0) is 4.74 Å². The van der Waals surface area contributed by atoms with Crippen LogP contribution in [0.3, 0.4) is 0 Å². The van der Waals surface area contributed by atoms with Crippen molar-refractivity contribution in [1.82, 2.24) is 10.2 Å². The lowest BCUT2D eigenvalue weighted by molar-refractivity contribution is -0.0240. The number of nitrogens with zero attached hydrogens (tertiary/aromatic N) is 1. The minimum absolute atomic E-state index is 0.431. The molecule has 2 aliphatic heterocycles. The van der Waals surface area contributed by atoms with E-state index in [1.54, 1.807) is 0 Å². The first-order valence-corrected chi connectivity index (χ1v) is 5.89. The quantitative estimate of drug-likeness (QED) is 0.707. The maximum Gasteiger partial charge on any atom is 0.0674 e. The molecular formula is C11H22N2O. The first-order valence-electron chi connectivity index (χ1n) is 5.89. The molecule has 0 aromatic rings. The summed E-state index contributed by atoms with van der Waals surface area (Å²) in [5.41, 5.74) is 0. The normalized spacial score (nSPS) is 35.8. The molecule has 0 aromatic carbocycles. The van der Waals surface area contributed by atoms with E-state index in [0.717, 1.165) is 25.6 Å². The zero-order valence-electron chi connectivity index (χ0n) is 9.17. The molecule has 0 aliphatic carbocycles. The Morgan fingerprint density at radius 3 is 3.14 bits per heavy atom. The summed E-state index contributed by atoms with van der Waals surface area (Å²) in [6, 6.07) is 0. The van der Waals surface area contributed by atoms with Crippen molar-refractivity contribution in [1.29, 1.82) is 0 Å². The fraction of sp³-hybridized carbons (Fsp3) is 1.00. The van der Waals surface area contributed by atoms with Crippen molar-refractivity contribution < 1.29 is 4.74 Å². The topological polar surface area (TPSA) is 24.5 Å². The zero-order chi connectivity index (χ0) is 9.80. The zero-order valence-corrected chi connectivity index (χ0v) is 9.17. The smallest absolute Gasteiger partial charge is 0.0674 e. The Bertz CT molecular complexity index is 169. The fourth-order valence-electron chi connectivity index (χ4n) is 2.50. The molecule has 0 radical (unpaired) electrons. The summed E-state index contributed by atoms with van der Waals surface area (Å²) >= 11 is 0. The molecule has 0 amide bonds. The molecule has 3 nitrogen and oxygen atoms in total. The van der Waals surface area contributed by atoms with Crippen molar-refractivity contribution in [2.24, 2.45) is 5.92 Å². The van der Waals surface area contributed by atoms with Crippen molar-refractivity contribution in [3.05, 3.63) is 0 Å². The van der Waals surface area contributed by atoms with Crippen LogP contribution in [-0.4, -0.2) is 50.3 Å². The van der Waals surface area contributed by atoms with E-state index in [0.29, 0.717) is 6.10 Å². The van der Waals surface area contributed by atoms with Gasteiger partial charge in [-0.05, 0) is 38.8 Å². The highest BCUT2D eigenvalue weighted by molar-refractivity contribution is 4.75. The maximum absolute atomic E-state index is 5.54. The third-order valence-corrected chi connectivity index (χ3v) is 3.24. The van der Waals surface area contributed by atoms with Gasteiger partial charge in [-0.3, -0.25) is 4.90 Å². The van der Waals surface area contributed by atoms with Gasteiger partial charge in [0, 0.05) is 19.6 Å². The second-order valence-corrected chi connectivity index (χ2v) is 4.65. The second-order valence-electron chi connectivity index (χ2n) is 4.65. The molecule has 2 heterocycles. The molecule has 1 unspecified atom stereocenters. The van der Waals surface area contributed by atoms with Crippen LogP contribution in [0.4, 0.5) is 0 Å². The highest BCUT2D eigenvalue weighted by atomic mass is 16.5. The lowest BCUT2D eigenvalue weighted by Crippen LogP contribution is -2.45. The maximum atomic E-state index is 5.54. The van der Waals surface area contributed by atoms with Crippen LogP contribution >= 0.6 is 0 Å². The molecule has 82 valence electrons. The molecule has 2 atom stereocenters. The first kappa shape index (κ1) is 10.4. The van der Waals surface area contributed by atoms with Crippen molar-refractivity contribution in [2.75, 3.05) is 39.3 Å². The molecule has 0 aromatic heterocycles. The molecule has 0 spiro atoms. The summed E-state index contributed by atoms with van der Waals surface area (Å²) in [6.45, 7) is 9.03. The molecule has 2 rings (SSSR count). The average Bonchev–Trinajstić information content (AvgIpc) is 2.19. The van der Waals surface area contributed by atoms with Gasteiger partial charge in [-0.1, -0.05) is 0 Å². The summed E-state index contributed by atoms with van der Waals surface area (Å²) in [4.78, 5) is 2.56. The van der Waals surface area contributed by atoms with Gasteiger partial charge in [0.1, 0.15) is 0 Å². The van der Waals surface area contributed by atoms with Crippen molar-refractivity contribution in [2.45, 2.75) is 25.9 Å². The van der Waals surface area contributed by atoms with Gasteiger partial charge in [0.25, 0.3) is 0 Å². The summed E-state index contributed by atoms with van der Waals surface area (Å²) in [5, 5.41) is 3.48. The number of hydrogen-bond acceptors (Lipinski definition) is 3. The van der Waals surface area contributed by atoms with Crippen LogP contribution in [0, 0.1) is 5.92 Å². The summed E-state index contributed by atoms with van der Waals surface area (Å²) < 4.78 is 5.54. The van der Waals surface area contributed by atoms with E-state index in [1.165, 1.54) is 32.5 Å². The van der Waals surface area contributed by atoms with Crippen molar-refractivity contribution in [3.63, 3.8) is 0 Å². The number of hydrogen-bond donors (Lipinski definition) is 1. The highest BCUT2D eigenvalue weighted by Gasteiger charge is 2.21. The van der Waals surface area contributed by atoms with Crippen molar-refractivity contribution in [3.8, 4) is 0 Å². The van der Waals surface area contributed by atoms with Gasteiger partial charge in [0.15, 0.2) is 0 Å². The Kier molecular flexibility index (Phi) is 3.79. The molecule has 3 heteroatoms. The van der Waals surface area contributed by atoms with E-state index in [2.05, 4.69) is 17.1 Å². The Balaban J connectivity index is 1.72. The number of ether oxygens (including phenoxy) is 1. The van der Waals surface area contributed by atoms with E-state index < -0.39 is 0 Å². The first-order chi connectivity index (χ1) is 6.84. The monoisotopic (exact) mass is 198 g/mol. The highest BCUT2D eigenvalue weighted by Crippen LogP contribution is 2.13. The number of nitrogens with one attached hydrogen (secondary N) is 1. The SMILES string of the molecule is CC1CN(C[C@@H]2CCCNC2)CCO1. The summed E-state index contributed by atoms with van der Waals surface area (Å²) in [7, 11) is 0. The number of piperidine rings is 1. The van der Waals surface area contributed by atoms with Crippen molar-refractivity contribution >= 4 is 0 Å². The predicted octanol–water partition coefficient (Wildman–Crippen LogP) is 0.707. The fourth-order valence-corrected chi connectivity index (χ4v) is 2.50. The Hall–Kier alpha value is -0.120.